The fourth-order valence-corrected chi connectivity index (χ4v) is 3.72. The molecule has 0 aliphatic carbocycles. The molecule has 0 spiro atoms. The minimum atomic E-state index is -0.0209. The van der Waals surface area contributed by atoms with Crippen LogP contribution in [0.5, 0.6) is 0 Å². The molecule has 6 nitrogen and oxygen atoms in total. The Balaban J connectivity index is 1.51. The number of hydrogen-bond acceptors (Lipinski definition) is 5. The second-order valence-corrected chi connectivity index (χ2v) is 6.78. The summed E-state index contributed by atoms with van der Waals surface area (Å²) in [5.41, 5.74) is 0. The largest absolute Gasteiger partial charge is 0.337 e. The van der Waals surface area contributed by atoms with Gasteiger partial charge in [0, 0.05) is 13.0 Å². The van der Waals surface area contributed by atoms with Crippen LogP contribution >= 0.6 is 0 Å². The zero-order chi connectivity index (χ0) is 16.1. The average molecular weight is 320 g/mol. The molecular weight excluding hydrogens is 292 g/mol. The van der Waals surface area contributed by atoms with E-state index in [1.165, 1.54) is 32.4 Å². The summed E-state index contributed by atoms with van der Waals surface area (Å²) >= 11 is 0. The molecule has 1 aromatic rings. The van der Waals surface area contributed by atoms with Gasteiger partial charge in [0.1, 0.15) is 6.04 Å². The molecule has 2 fully saturated rings. The minimum Gasteiger partial charge on any atom is -0.337 e. The summed E-state index contributed by atoms with van der Waals surface area (Å²) in [5, 5.41) is 3.88. The van der Waals surface area contributed by atoms with Crippen LogP contribution in [0, 0.1) is 6.92 Å². The van der Waals surface area contributed by atoms with E-state index < -0.39 is 0 Å². The van der Waals surface area contributed by atoms with Gasteiger partial charge in [0.15, 0.2) is 5.82 Å². The van der Waals surface area contributed by atoms with Crippen molar-refractivity contribution < 1.29 is 9.32 Å². The van der Waals surface area contributed by atoms with E-state index in [0.29, 0.717) is 18.1 Å². The molecule has 0 N–H and O–H groups in total. The van der Waals surface area contributed by atoms with E-state index in [1.807, 2.05) is 11.8 Å². The van der Waals surface area contributed by atoms with E-state index in [0.717, 1.165) is 38.8 Å². The van der Waals surface area contributed by atoms with Gasteiger partial charge in [0.05, 0.1) is 0 Å². The number of aryl methyl sites for hydroxylation is 1. The lowest BCUT2D eigenvalue weighted by molar-refractivity contribution is -0.135. The first-order chi connectivity index (χ1) is 11.2. The monoisotopic (exact) mass is 320 g/mol. The molecule has 6 heteroatoms. The lowest BCUT2D eigenvalue weighted by Gasteiger charge is -2.34. The number of nitrogens with zero attached hydrogens (tertiary/aromatic N) is 4. The molecule has 3 rings (SSSR count). The summed E-state index contributed by atoms with van der Waals surface area (Å²) in [6.07, 6.45) is 8.65. The first-order valence-electron chi connectivity index (χ1n) is 9.06. The van der Waals surface area contributed by atoms with Crippen molar-refractivity contribution in [3.05, 3.63) is 11.7 Å². The molecule has 1 atom stereocenters. The Hall–Kier alpha value is -1.43. The summed E-state index contributed by atoms with van der Waals surface area (Å²) in [6.45, 7) is 6.07. The number of likely N-dealkylation sites (tertiary alicyclic amines) is 2. The van der Waals surface area contributed by atoms with Crippen molar-refractivity contribution in [3.63, 3.8) is 0 Å². The molecule has 128 valence electrons. The van der Waals surface area contributed by atoms with Gasteiger partial charge in [-0.05, 0) is 65.1 Å². The normalized spacial score (nSPS) is 23.2. The van der Waals surface area contributed by atoms with Crippen LogP contribution in [-0.2, 0) is 4.79 Å². The third kappa shape index (κ3) is 4.31. The van der Waals surface area contributed by atoms with Crippen molar-refractivity contribution in [1.82, 2.24) is 19.9 Å². The highest BCUT2D eigenvalue weighted by atomic mass is 16.5. The van der Waals surface area contributed by atoms with Gasteiger partial charge in [-0.25, -0.2) is 0 Å². The van der Waals surface area contributed by atoms with Crippen molar-refractivity contribution >= 4 is 5.91 Å². The predicted molar refractivity (Wildman–Crippen MR) is 86.9 cm³/mol. The van der Waals surface area contributed by atoms with Crippen LogP contribution in [0.4, 0.5) is 0 Å². The second-order valence-electron chi connectivity index (χ2n) is 6.78. The summed E-state index contributed by atoms with van der Waals surface area (Å²) < 4.78 is 5.32. The van der Waals surface area contributed by atoms with E-state index in [-0.39, 0.29) is 11.9 Å². The Morgan fingerprint density at radius 1 is 1.17 bits per heavy atom. The quantitative estimate of drug-likeness (QED) is 0.834. The summed E-state index contributed by atoms with van der Waals surface area (Å²) in [4.78, 5) is 21.4. The third-order valence-electron chi connectivity index (χ3n) is 4.97. The Morgan fingerprint density at radius 2 is 1.96 bits per heavy atom. The van der Waals surface area contributed by atoms with E-state index in [1.54, 1.807) is 0 Å². The van der Waals surface area contributed by atoms with Gasteiger partial charge in [-0.15, -0.1) is 0 Å². The van der Waals surface area contributed by atoms with E-state index in [4.69, 9.17) is 4.52 Å². The zero-order valence-electron chi connectivity index (χ0n) is 14.2. The number of carbonyl (C=O) groups excluding carboxylic acids is 1. The van der Waals surface area contributed by atoms with Gasteiger partial charge in [-0.3, -0.25) is 4.79 Å². The van der Waals surface area contributed by atoms with Crippen LogP contribution < -0.4 is 0 Å². The molecule has 2 aliphatic rings. The number of amides is 1. The van der Waals surface area contributed by atoms with Crippen LogP contribution in [0.2, 0.25) is 0 Å². The molecule has 1 aromatic heterocycles. The van der Waals surface area contributed by atoms with E-state index in [9.17, 15) is 4.79 Å². The minimum absolute atomic E-state index is 0.0209. The molecule has 0 bridgehead atoms. The SMILES string of the molecule is Cc1noc([C@@H]2CCCCN2C(=O)CCCN2CCCCC2)n1. The van der Waals surface area contributed by atoms with Gasteiger partial charge < -0.3 is 14.3 Å². The topological polar surface area (TPSA) is 62.5 Å². The number of hydrogen-bond donors (Lipinski definition) is 0. The first kappa shape index (κ1) is 16.4. The van der Waals surface area contributed by atoms with Crippen molar-refractivity contribution in [2.24, 2.45) is 0 Å². The van der Waals surface area contributed by atoms with Gasteiger partial charge >= 0.3 is 0 Å². The summed E-state index contributed by atoms with van der Waals surface area (Å²) in [6, 6.07) is -0.0209. The standard InChI is InChI=1S/C17H28N4O2/c1-14-18-17(23-19-14)15-8-3-6-13-21(15)16(22)9-7-12-20-10-4-2-5-11-20/h15H,2-13H2,1H3/t15-/m0/s1. The summed E-state index contributed by atoms with van der Waals surface area (Å²) in [5.74, 6) is 1.48. The molecule has 2 saturated heterocycles. The van der Waals surface area contributed by atoms with Crippen molar-refractivity contribution in [2.75, 3.05) is 26.2 Å². The van der Waals surface area contributed by atoms with Crippen molar-refractivity contribution in [1.29, 1.82) is 0 Å². The van der Waals surface area contributed by atoms with Crippen LogP contribution in [0.1, 0.15) is 69.1 Å². The highest BCUT2D eigenvalue weighted by Crippen LogP contribution is 2.30. The lowest BCUT2D eigenvalue weighted by Crippen LogP contribution is -2.39. The van der Waals surface area contributed by atoms with Crippen LogP contribution in [0.25, 0.3) is 0 Å². The molecule has 0 unspecified atom stereocenters. The molecular formula is C17H28N4O2. The van der Waals surface area contributed by atoms with Gasteiger partial charge in [-0.1, -0.05) is 11.6 Å². The summed E-state index contributed by atoms with van der Waals surface area (Å²) in [7, 11) is 0. The fourth-order valence-electron chi connectivity index (χ4n) is 3.72. The first-order valence-corrected chi connectivity index (χ1v) is 9.06. The molecule has 1 amide bonds. The fraction of sp³-hybridized carbons (Fsp3) is 0.824. The Labute approximate surface area is 138 Å². The predicted octanol–water partition coefficient (Wildman–Crippen LogP) is 2.70. The van der Waals surface area contributed by atoms with Crippen LogP contribution in [0.15, 0.2) is 4.52 Å². The van der Waals surface area contributed by atoms with Crippen molar-refractivity contribution in [2.45, 2.75) is 64.3 Å². The van der Waals surface area contributed by atoms with Crippen molar-refractivity contribution in [3.8, 4) is 0 Å². The van der Waals surface area contributed by atoms with E-state index >= 15 is 0 Å². The lowest BCUT2D eigenvalue weighted by atomic mass is 10.0. The average Bonchev–Trinajstić information content (AvgIpc) is 3.02. The highest BCUT2D eigenvalue weighted by molar-refractivity contribution is 5.76. The highest BCUT2D eigenvalue weighted by Gasteiger charge is 2.31. The van der Waals surface area contributed by atoms with Gasteiger partial charge in [-0.2, -0.15) is 4.98 Å². The van der Waals surface area contributed by atoms with E-state index in [2.05, 4.69) is 15.0 Å². The number of carbonyl (C=O) groups is 1. The maximum absolute atomic E-state index is 12.6. The maximum Gasteiger partial charge on any atom is 0.249 e. The second kappa shape index (κ2) is 7.90. The Kier molecular flexibility index (Phi) is 5.65. The smallest absolute Gasteiger partial charge is 0.249 e. The number of aromatic nitrogens is 2. The molecule has 0 saturated carbocycles. The molecule has 0 aromatic carbocycles. The molecule has 0 radical (unpaired) electrons. The maximum atomic E-state index is 12.6. The molecule has 2 aliphatic heterocycles. The van der Waals surface area contributed by atoms with Crippen LogP contribution in [-0.4, -0.2) is 52.0 Å². The number of rotatable bonds is 5. The zero-order valence-corrected chi connectivity index (χ0v) is 14.2. The Bertz CT molecular complexity index is 510. The molecule has 3 heterocycles. The Morgan fingerprint density at radius 3 is 2.70 bits per heavy atom. The number of piperidine rings is 2. The third-order valence-corrected chi connectivity index (χ3v) is 4.97. The van der Waals surface area contributed by atoms with Crippen LogP contribution in [0.3, 0.4) is 0 Å². The van der Waals surface area contributed by atoms with Gasteiger partial charge in [0.25, 0.3) is 0 Å². The van der Waals surface area contributed by atoms with Gasteiger partial charge in [0.2, 0.25) is 11.8 Å². The molecule has 23 heavy (non-hydrogen) atoms.